The van der Waals surface area contributed by atoms with Crippen LogP contribution in [0.2, 0.25) is 0 Å². The lowest BCUT2D eigenvalue weighted by Crippen LogP contribution is -2.28. The molecule has 0 unspecified atom stereocenters. The summed E-state index contributed by atoms with van der Waals surface area (Å²) in [5.74, 6) is -0.216. The predicted molar refractivity (Wildman–Crippen MR) is 256 cm³/mol. The Morgan fingerprint density at radius 3 is 0.883 bits per heavy atom. The van der Waals surface area contributed by atoms with Crippen LogP contribution in [0.5, 0.6) is 0 Å². The third-order valence-corrected chi connectivity index (χ3v) is 12.1. The maximum atomic E-state index is 12.7. The van der Waals surface area contributed by atoms with Crippen LogP contribution in [0.4, 0.5) is 0 Å². The Labute approximate surface area is 370 Å². The Morgan fingerprint density at radius 2 is 0.600 bits per heavy atom. The first-order valence-corrected chi connectivity index (χ1v) is 25.4. The fourth-order valence-corrected chi connectivity index (χ4v) is 8.09. The number of esters is 2. The van der Waals surface area contributed by atoms with Crippen molar-refractivity contribution in [2.45, 2.75) is 221 Å². The van der Waals surface area contributed by atoms with E-state index < -0.39 is 0 Å². The molecule has 0 radical (unpaired) electrons. The molecule has 2 aromatic rings. The minimum absolute atomic E-state index is 0.108. The van der Waals surface area contributed by atoms with Crippen LogP contribution in [0.3, 0.4) is 0 Å². The smallest absolute Gasteiger partial charge is 0.306 e. The van der Waals surface area contributed by atoms with Gasteiger partial charge in [0, 0.05) is 12.8 Å². The van der Waals surface area contributed by atoms with E-state index in [0.29, 0.717) is 26.1 Å². The molecule has 60 heavy (non-hydrogen) atoms. The summed E-state index contributed by atoms with van der Waals surface area (Å²) in [7, 11) is 0. The third kappa shape index (κ3) is 28.8. The van der Waals surface area contributed by atoms with E-state index in [4.69, 9.17) is 9.47 Å². The highest BCUT2D eigenvalue weighted by molar-refractivity contribution is 5.70. The lowest BCUT2D eigenvalue weighted by Gasteiger charge is -2.22. The molecule has 0 heterocycles. The molecule has 0 aliphatic rings. The van der Waals surface area contributed by atoms with Gasteiger partial charge in [0.25, 0.3) is 0 Å². The van der Waals surface area contributed by atoms with E-state index >= 15 is 0 Å². The molecular weight excluding hydrogens is 741 g/mol. The van der Waals surface area contributed by atoms with E-state index in [-0.39, 0.29) is 11.9 Å². The van der Waals surface area contributed by atoms with Gasteiger partial charge >= 0.3 is 11.9 Å². The number of rotatable bonds is 41. The molecule has 342 valence electrons. The number of unbranched alkanes of at least 4 members (excludes halogenated alkanes) is 20. The highest BCUT2D eigenvalue weighted by Crippen LogP contribution is 2.22. The molecular formula is C54H92N2O4. The van der Waals surface area contributed by atoms with Crippen molar-refractivity contribution in [3.8, 4) is 11.1 Å². The quantitative estimate of drug-likeness (QED) is 0.0491. The van der Waals surface area contributed by atoms with Crippen molar-refractivity contribution in [2.75, 3.05) is 39.3 Å². The van der Waals surface area contributed by atoms with Crippen LogP contribution < -0.4 is 0 Å². The van der Waals surface area contributed by atoms with Crippen LogP contribution in [-0.4, -0.2) is 61.0 Å². The zero-order chi connectivity index (χ0) is 43.1. The fourth-order valence-electron chi connectivity index (χ4n) is 8.09. The molecule has 0 bridgehead atoms. The summed E-state index contributed by atoms with van der Waals surface area (Å²) in [6.07, 6.45) is 34.3. The second-order valence-corrected chi connectivity index (χ2v) is 17.7. The van der Waals surface area contributed by atoms with Crippen molar-refractivity contribution in [2.24, 2.45) is 0 Å². The highest BCUT2D eigenvalue weighted by atomic mass is 16.5. The summed E-state index contributed by atoms with van der Waals surface area (Å²) in [6.45, 7) is 16.3. The molecule has 0 aliphatic heterocycles. The Balaban J connectivity index is 1.70. The molecule has 0 atom stereocenters. The van der Waals surface area contributed by atoms with E-state index in [1.54, 1.807) is 0 Å². The van der Waals surface area contributed by atoms with E-state index in [2.05, 4.69) is 61.8 Å². The number of hydrogen-bond acceptors (Lipinski definition) is 6. The lowest BCUT2D eigenvalue weighted by atomic mass is 10.0. The summed E-state index contributed by atoms with van der Waals surface area (Å²) in [5.41, 5.74) is 4.21. The molecule has 0 N–H and O–H groups in total. The van der Waals surface area contributed by atoms with Gasteiger partial charge in [-0.25, -0.2) is 0 Å². The summed E-state index contributed by atoms with van der Waals surface area (Å²) < 4.78 is 11.4. The maximum absolute atomic E-state index is 12.7. The number of hydrogen-bond donors (Lipinski definition) is 0. The van der Waals surface area contributed by atoms with Gasteiger partial charge in [-0.1, -0.05) is 205 Å². The average molecular weight is 833 g/mol. The second kappa shape index (κ2) is 38.0. The van der Waals surface area contributed by atoms with Crippen LogP contribution in [0, 0.1) is 0 Å². The van der Waals surface area contributed by atoms with Crippen LogP contribution in [0.25, 0.3) is 11.1 Å². The van der Waals surface area contributed by atoms with Gasteiger partial charge in [0.2, 0.25) is 0 Å². The summed E-state index contributed by atoms with van der Waals surface area (Å²) in [4.78, 5) is 30.5. The molecule has 0 aromatic heterocycles. The van der Waals surface area contributed by atoms with Crippen LogP contribution in [0.1, 0.15) is 219 Å². The summed E-state index contributed by atoms with van der Waals surface area (Å²) in [6, 6.07) is 16.5. The predicted octanol–water partition coefficient (Wildman–Crippen LogP) is 15.0. The molecule has 0 spiro atoms. The van der Waals surface area contributed by atoms with Gasteiger partial charge in [0.15, 0.2) is 0 Å². The van der Waals surface area contributed by atoms with Gasteiger partial charge < -0.3 is 19.3 Å². The lowest BCUT2D eigenvalue weighted by molar-refractivity contribution is -0.146. The molecule has 0 saturated heterocycles. The molecule has 0 fully saturated rings. The first-order valence-electron chi connectivity index (χ1n) is 25.4. The minimum Gasteiger partial charge on any atom is -0.461 e. The van der Waals surface area contributed by atoms with Gasteiger partial charge in [-0.3, -0.25) is 9.59 Å². The number of nitrogens with zero attached hydrogens (tertiary/aromatic N) is 2. The highest BCUT2D eigenvalue weighted by Gasteiger charge is 2.11. The van der Waals surface area contributed by atoms with E-state index in [0.717, 1.165) is 74.4 Å². The molecule has 0 saturated carbocycles. The number of carbonyl (C=O) groups is 2. The molecule has 2 aromatic carbocycles. The molecule has 0 aliphatic carbocycles. The molecule has 2 rings (SSSR count). The monoisotopic (exact) mass is 833 g/mol. The van der Waals surface area contributed by atoms with E-state index in [1.807, 2.05) is 24.3 Å². The standard InChI is InChI=1S/C54H92N2O4/c1-5-9-13-17-21-25-41-55(42-26-22-18-14-10-6-2)45-29-31-53(57)59-47-49-33-37-51(38-34-49)52-39-35-50(36-40-52)48-60-54(58)32-30-46-56(43-27-23-19-15-11-7-3)44-28-24-20-16-12-8-4/h33-40H,5-32,41-48H2,1-4H3. The van der Waals surface area contributed by atoms with Crippen molar-refractivity contribution in [3.05, 3.63) is 59.7 Å². The van der Waals surface area contributed by atoms with E-state index in [1.165, 1.54) is 154 Å². The van der Waals surface area contributed by atoms with Gasteiger partial charge in [0.05, 0.1) is 0 Å². The van der Waals surface area contributed by atoms with Crippen LogP contribution in [0.15, 0.2) is 48.5 Å². The van der Waals surface area contributed by atoms with Gasteiger partial charge in [-0.05, 0) is 100 Å². The largest absolute Gasteiger partial charge is 0.461 e. The second-order valence-electron chi connectivity index (χ2n) is 17.7. The van der Waals surface area contributed by atoms with Gasteiger partial charge in [-0.15, -0.1) is 0 Å². The third-order valence-electron chi connectivity index (χ3n) is 12.1. The molecule has 0 amide bonds. The van der Waals surface area contributed by atoms with Crippen LogP contribution in [-0.2, 0) is 32.3 Å². The van der Waals surface area contributed by atoms with Gasteiger partial charge in [0.1, 0.15) is 13.2 Å². The van der Waals surface area contributed by atoms with Crippen molar-refractivity contribution in [3.63, 3.8) is 0 Å². The topological polar surface area (TPSA) is 59.1 Å². The fraction of sp³-hybridized carbons (Fsp3) is 0.741. The normalized spacial score (nSPS) is 11.5. The zero-order valence-electron chi connectivity index (χ0n) is 39.6. The Bertz CT molecular complexity index is 1150. The van der Waals surface area contributed by atoms with E-state index in [9.17, 15) is 9.59 Å². The Kier molecular flexibility index (Phi) is 33.9. The summed E-state index contributed by atoms with van der Waals surface area (Å²) in [5, 5.41) is 0. The van der Waals surface area contributed by atoms with Gasteiger partial charge in [-0.2, -0.15) is 0 Å². The Hall–Kier alpha value is -2.70. The molecule has 6 nitrogen and oxygen atoms in total. The average Bonchev–Trinajstić information content (AvgIpc) is 3.26. The first kappa shape index (κ1) is 53.4. The number of ether oxygens (including phenoxy) is 2. The number of carbonyl (C=O) groups excluding carboxylic acids is 2. The van der Waals surface area contributed by atoms with Crippen molar-refractivity contribution >= 4 is 11.9 Å². The van der Waals surface area contributed by atoms with Crippen LogP contribution >= 0.6 is 0 Å². The SMILES string of the molecule is CCCCCCCCN(CCCCCCCC)CCCC(=O)OCc1ccc(-c2ccc(COC(=O)CCCN(CCCCCCCC)CCCCCCCC)cc2)cc1. The van der Waals surface area contributed by atoms with Crippen molar-refractivity contribution in [1.82, 2.24) is 9.80 Å². The minimum atomic E-state index is -0.108. The first-order chi connectivity index (χ1) is 29.5. The number of benzene rings is 2. The maximum Gasteiger partial charge on any atom is 0.306 e. The Morgan fingerprint density at radius 1 is 0.350 bits per heavy atom. The van der Waals surface area contributed by atoms with Crippen molar-refractivity contribution in [1.29, 1.82) is 0 Å². The zero-order valence-corrected chi connectivity index (χ0v) is 39.6. The molecule has 6 heteroatoms. The summed E-state index contributed by atoms with van der Waals surface area (Å²) >= 11 is 0. The van der Waals surface area contributed by atoms with Crippen molar-refractivity contribution < 1.29 is 19.1 Å².